The number of para-hydroxylation sites is 1. The molecule has 26 heavy (non-hydrogen) atoms. The van der Waals surface area contributed by atoms with Crippen LogP contribution in [0.15, 0.2) is 54.9 Å². The zero-order valence-corrected chi connectivity index (χ0v) is 14.4. The van der Waals surface area contributed by atoms with Crippen molar-refractivity contribution in [2.75, 3.05) is 13.1 Å². The van der Waals surface area contributed by atoms with E-state index in [9.17, 15) is 4.79 Å². The molecule has 0 spiro atoms. The van der Waals surface area contributed by atoms with Crippen molar-refractivity contribution in [1.82, 2.24) is 19.9 Å². The third kappa shape index (κ3) is 2.44. The van der Waals surface area contributed by atoms with Crippen LogP contribution in [-0.2, 0) is 0 Å². The van der Waals surface area contributed by atoms with Gasteiger partial charge in [0.2, 0.25) is 0 Å². The Morgan fingerprint density at radius 2 is 1.96 bits per heavy atom. The van der Waals surface area contributed by atoms with Gasteiger partial charge < -0.3 is 10.3 Å². The van der Waals surface area contributed by atoms with Gasteiger partial charge in [0.15, 0.2) is 0 Å². The molecule has 5 heteroatoms. The van der Waals surface area contributed by atoms with E-state index in [4.69, 9.17) is 0 Å². The number of carbonyl (C=O) groups excluding carboxylic acids is 1. The van der Waals surface area contributed by atoms with E-state index >= 15 is 0 Å². The van der Waals surface area contributed by atoms with E-state index in [1.165, 1.54) is 5.56 Å². The smallest absolute Gasteiger partial charge is 0.278 e. The van der Waals surface area contributed by atoms with Crippen molar-refractivity contribution in [2.45, 2.75) is 18.8 Å². The largest absolute Gasteiger partial charge is 0.351 e. The quantitative estimate of drug-likeness (QED) is 0.583. The summed E-state index contributed by atoms with van der Waals surface area (Å²) >= 11 is 0. The van der Waals surface area contributed by atoms with E-state index in [1.54, 1.807) is 4.57 Å². The summed E-state index contributed by atoms with van der Waals surface area (Å²) in [4.78, 5) is 21.1. The number of fused-ring (bicyclic) bond motifs is 2. The van der Waals surface area contributed by atoms with E-state index in [-0.39, 0.29) is 5.91 Å². The first-order valence-electron chi connectivity index (χ1n) is 9.10. The first-order valence-corrected chi connectivity index (χ1v) is 9.10. The molecule has 0 aliphatic carbocycles. The van der Waals surface area contributed by atoms with Crippen molar-refractivity contribution in [2.24, 2.45) is 0 Å². The van der Waals surface area contributed by atoms with Gasteiger partial charge in [-0.3, -0.25) is 14.3 Å². The Hall–Kier alpha value is -2.92. The number of nitrogens with zero attached hydrogens (tertiary/aromatic N) is 2. The average molecular weight is 344 g/mol. The molecule has 5 rings (SSSR count). The fourth-order valence-corrected chi connectivity index (χ4v) is 4.00. The van der Waals surface area contributed by atoms with Crippen LogP contribution >= 0.6 is 0 Å². The van der Waals surface area contributed by atoms with Crippen LogP contribution in [0.2, 0.25) is 0 Å². The normalized spacial score (nSPS) is 15.7. The summed E-state index contributed by atoms with van der Waals surface area (Å²) in [5.74, 6) is 0.407. The van der Waals surface area contributed by atoms with Crippen molar-refractivity contribution in [1.29, 1.82) is 0 Å². The lowest BCUT2D eigenvalue weighted by atomic mass is 9.91. The van der Waals surface area contributed by atoms with Gasteiger partial charge in [0.05, 0.1) is 11.0 Å². The number of aromatic amines is 1. The number of pyridine rings is 1. The molecule has 1 fully saturated rings. The van der Waals surface area contributed by atoms with Crippen LogP contribution < -0.4 is 5.32 Å². The predicted octanol–water partition coefficient (Wildman–Crippen LogP) is 3.67. The van der Waals surface area contributed by atoms with Crippen LogP contribution in [0.3, 0.4) is 0 Å². The molecule has 4 heterocycles. The standard InChI is InChI=1S/C21H20N4O/c26-21(18-12-15-4-1-2-5-17(15)24-18)25-13-16(14-7-10-22-11-8-14)20-19(25)6-3-9-23-20/h1-6,9,12-14,22,24H,7-8,10-11H2. The minimum atomic E-state index is -0.0422. The van der Waals surface area contributed by atoms with Gasteiger partial charge in [0, 0.05) is 23.3 Å². The predicted molar refractivity (Wildman–Crippen MR) is 103 cm³/mol. The molecule has 0 unspecified atom stereocenters. The number of nitrogens with one attached hydrogen (secondary N) is 2. The highest BCUT2D eigenvalue weighted by atomic mass is 16.2. The van der Waals surface area contributed by atoms with Crippen molar-refractivity contribution in [3.8, 4) is 0 Å². The Labute approximate surface area is 151 Å². The molecule has 2 N–H and O–H groups in total. The highest BCUT2D eigenvalue weighted by Gasteiger charge is 2.23. The summed E-state index contributed by atoms with van der Waals surface area (Å²) < 4.78 is 1.75. The number of carbonyl (C=O) groups is 1. The lowest BCUT2D eigenvalue weighted by Gasteiger charge is -2.21. The number of hydrogen-bond donors (Lipinski definition) is 2. The molecule has 1 aliphatic rings. The van der Waals surface area contributed by atoms with Crippen LogP contribution in [0.4, 0.5) is 0 Å². The molecule has 0 bridgehead atoms. The lowest BCUT2D eigenvalue weighted by molar-refractivity contribution is 0.0960. The zero-order valence-electron chi connectivity index (χ0n) is 14.4. The lowest BCUT2D eigenvalue weighted by Crippen LogP contribution is -2.26. The first-order chi connectivity index (χ1) is 12.8. The van der Waals surface area contributed by atoms with E-state index in [0.29, 0.717) is 11.6 Å². The van der Waals surface area contributed by atoms with Crippen molar-refractivity contribution >= 4 is 27.8 Å². The van der Waals surface area contributed by atoms with Gasteiger partial charge >= 0.3 is 0 Å². The number of piperidine rings is 1. The third-order valence-electron chi connectivity index (χ3n) is 5.35. The minimum Gasteiger partial charge on any atom is -0.351 e. The summed E-state index contributed by atoms with van der Waals surface area (Å²) in [6, 6.07) is 13.7. The SMILES string of the molecule is O=C(c1cc2ccccc2[nH]1)n1cc(C2CCNCC2)c2ncccc21. The van der Waals surface area contributed by atoms with Crippen molar-refractivity contribution in [3.63, 3.8) is 0 Å². The monoisotopic (exact) mass is 344 g/mol. The Morgan fingerprint density at radius 3 is 2.81 bits per heavy atom. The van der Waals surface area contributed by atoms with Gasteiger partial charge in [0.25, 0.3) is 5.91 Å². The second-order valence-electron chi connectivity index (χ2n) is 6.93. The van der Waals surface area contributed by atoms with Gasteiger partial charge in [-0.15, -0.1) is 0 Å². The zero-order chi connectivity index (χ0) is 17.5. The fraction of sp³-hybridized carbons (Fsp3) is 0.238. The van der Waals surface area contributed by atoms with E-state index < -0.39 is 0 Å². The number of hydrogen-bond acceptors (Lipinski definition) is 3. The second-order valence-corrected chi connectivity index (χ2v) is 6.93. The summed E-state index contributed by atoms with van der Waals surface area (Å²) in [6.45, 7) is 2.03. The summed E-state index contributed by atoms with van der Waals surface area (Å²) in [6.07, 6.45) is 5.97. The van der Waals surface area contributed by atoms with Crippen LogP contribution in [0.25, 0.3) is 21.9 Å². The Balaban J connectivity index is 1.62. The van der Waals surface area contributed by atoms with Crippen LogP contribution in [0.5, 0.6) is 0 Å². The molecule has 0 radical (unpaired) electrons. The number of H-pyrrole nitrogens is 1. The van der Waals surface area contributed by atoms with Gasteiger partial charge in [-0.1, -0.05) is 18.2 Å². The molecule has 5 nitrogen and oxygen atoms in total. The molecular weight excluding hydrogens is 324 g/mol. The maximum absolute atomic E-state index is 13.2. The van der Waals surface area contributed by atoms with Gasteiger partial charge in [-0.25, -0.2) is 0 Å². The molecule has 0 atom stereocenters. The van der Waals surface area contributed by atoms with E-state index in [0.717, 1.165) is 47.9 Å². The second kappa shape index (κ2) is 6.11. The molecule has 0 amide bonds. The van der Waals surface area contributed by atoms with Crippen molar-refractivity contribution < 1.29 is 4.79 Å². The Bertz CT molecular complexity index is 1070. The highest BCUT2D eigenvalue weighted by molar-refractivity contribution is 6.04. The van der Waals surface area contributed by atoms with E-state index in [1.807, 2.05) is 54.9 Å². The Morgan fingerprint density at radius 1 is 1.12 bits per heavy atom. The molecule has 4 aromatic rings. The van der Waals surface area contributed by atoms with Gasteiger partial charge in [-0.05, 0) is 61.7 Å². The summed E-state index contributed by atoms with van der Waals surface area (Å²) in [5, 5.41) is 4.45. The average Bonchev–Trinajstić information content (AvgIpc) is 3.30. The van der Waals surface area contributed by atoms with Crippen LogP contribution in [-0.4, -0.2) is 33.5 Å². The maximum atomic E-state index is 13.2. The maximum Gasteiger partial charge on any atom is 0.278 e. The number of rotatable bonds is 2. The van der Waals surface area contributed by atoms with Crippen LogP contribution in [0, 0.1) is 0 Å². The molecule has 1 aliphatic heterocycles. The first kappa shape index (κ1) is 15.3. The molecular formula is C21H20N4O. The molecule has 1 saturated heterocycles. The van der Waals surface area contributed by atoms with E-state index in [2.05, 4.69) is 15.3 Å². The summed E-state index contributed by atoms with van der Waals surface area (Å²) in [5.41, 5.74) is 4.59. The fourth-order valence-electron chi connectivity index (χ4n) is 4.00. The third-order valence-corrected chi connectivity index (χ3v) is 5.35. The highest BCUT2D eigenvalue weighted by Crippen LogP contribution is 2.32. The minimum absolute atomic E-state index is 0.0422. The molecule has 130 valence electrons. The summed E-state index contributed by atoms with van der Waals surface area (Å²) in [7, 11) is 0. The molecule has 0 saturated carbocycles. The van der Waals surface area contributed by atoms with Crippen LogP contribution in [0.1, 0.15) is 34.8 Å². The topological polar surface area (TPSA) is 62.7 Å². The number of aromatic nitrogens is 3. The number of benzene rings is 1. The van der Waals surface area contributed by atoms with Gasteiger partial charge in [0.1, 0.15) is 5.69 Å². The molecule has 1 aromatic carbocycles. The Kier molecular flexibility index (Phi) is 3.60. The van der Waals surface area contributed by atoms with Crippen molar-refractivity contribution in [3.05, 3.63) is 66.1 Å². The molecule has 3 aromatic heterocycles. The van der Waals surface area contributed by atoms with Gasteiger partial charge in [-0.2, -0.15) is 0 Å².